The van der Waals surface area contributed by atoms with Gasteiger partial charge in [0.1, 0.15) is 5.82 Å². The predicted molar refractivity (Wildman–Crippen MR) is 72.3 cm³/mol. The van der Waals surface area contributed by atoms with Gasteiger partial charge in [0.15, 0.2) is 0 Å². The first-order valence-corrected chi connectivity index (χ1v) is 6.10. The van der Waals surface area contributed by atoms with Crippen LogP contribution in [0.3, 0.4) is 0 Å². The highest BCUT2D eigenvalue weighted by molar-refractivity contribution is 5.90. The minimum absolute atomic E-state index is 0.0741. The Kier molecular flexibility index (Phi) is 4.23. The molecule has 0 saturated carbocycles. The van der Waals surface area contributed by atoms with Crippen molar-refractivity contribution in [3.63, 3.8) is 0 Å². The van der Waals surface area contributed by atoms with Gasteiger partial charge in [-0.25, -0.2) is 4.39 Å². The van der Waals surface area contributed by atoms with E-state index in [0.29, 0.717) is 18.5 Å². The Morgan fingerprint density at radius 3 is 2.58 bits per heavy atom. The predicted octanol–water partition coefficient (Wildman–Crippen LogP) is 3.10. The number of amides is 1. The Hall–Kier alpha value is -2.23. The standard InChI is InChI=1S/C15H15FN2O/c1-11-2-8-14(10-17-11)18-15(19)9-5-12-3-6-13(16)7-4-12/h2-4,6-8,10H,5,9H2,1H3,(H,18,19). The van der Waals surface area contributed by atoms with Crippen LogP contribution < -0.4 is 5.32 Å². The number of hydrogen-bond acceptors (Lipinski definition) is 2. The molecule has 1 N–H and O–H groups in total. The zero-order valence-corrected chi connectivity index (χ0v) is 10.7. The molecule has 1 aromatic heterocycles. The molecule has 1 heterocycles. The van der Waals surface area contributed by atoms with E-state index < -0.39 is 0 Å². The van der Waals surface area contributed by atoms with Crippen LogP contribution in [0.4, 0.5) is 10.1 Å². The van der Waals surface area contributed by atoms with Crippen LogP contribution in [0.15, 0.2) is 42.6 Å². The molecule has 0 bridgehead atoms. The van der Waals surface area contributed by atoms with E-state index in [2.05, 4.69) is 10.3 Å². The Morgan fingerprint density at radius 1 is 1.21 bits per heavy atom. The number of carbonyl (C=O) groups is 1. The number of aromatic nitrogens is 1. The van der Waals surface area contributed by atoms with Crippen molar-refractivity contribution in [1.29, 1.82) is 0 Å². The van der Waals surface area contributed by atoms with Gasteiger partial charge in [-0.15, -0.1) is 0 Å². The highest BCUT2D eigenvalue weighted by Gasteiger charge is 2.03. The summed E-state index contributed by atoms with van der Waals surface area (Å²) in [4.78, 5) is 15.8. The normalized spacial score (nSPS) is 10.2. The van der Waals surface area contributed by atoms with E-state index in [9.17, 15) is 9.18 Å². The lowest BCUT2D eigenvalue weighted by Gasteiger charge is -2.05. The molecule has 3 nitrogen and oxygen atoms in total. The van der Waals surface area contributed by atoms with Crippen LogP contribution >= 0.6 is 0 Å². The fourth-order valence-corrected chi connectivity index (χ4v) is 1.67. The maximum absolute atomic E-state index is 12.7. The second-order valence-corrected chi connectivity index (χ2v) is 4.36. The SMILES string of the molecule is Cc1ccc(NC(=O)CCc2ccc(F)cc2)cn1. The van der Waals surface area contributed by atoms with E-state index >= 15 is 0 Å². The quantitative estimate of drug-likeness (QED) is 0.915. The summed E-state index contributed by atoms with van der Waals surface area (Å²) in [5.74, 6) is -0.339. The van der Waals surface area contributed by atoms with Crippen molar-refractivity contribution >= 4 is 11.6 Å². The molecule has 0 aliphatic carbocycles. The fraction of sp³-hybridized carbons (Fsp3) is 0.200. The molecule has 2 rings (SSSR count). The van der Waals surface area contributed by atoms with Crippen molar-refractivity contribution in [2.45, 2.75) is 19.8 Å². The first-order chi connectivity index (χ1) is 9.13. The molecule has 19 heavy (non-hydrogen) atoms. The number of benzene rings is 1. The van der Waals surface area contributed by atoms with Gasteiger partial charge in [-0.1, -0.05) is 12.1 Å². The average Bonchev–Trinajstić information content (AvgIpc) is 2.41. The Morgan fingerprint density at radius 2 is 1.95 bits per heavy atom. The molecule has 0 aliphatic heterocycles. The van der Waals surface area contributed by atoms with Crippen LogP contribution in [-0.2, 0) is 11.2 Å². The minimum Gasteiger partial charge on any atom is -0.325 e. The molecule has 0 aliphatic rings. The summed E-state index contributed by atoms with van der Waals surface area (Å²) >= 11 is 0. The Labute approximate surface area is 111 Å². The molecule has 1 amide bonds. The van der Waals surface area contributed by atoms with E-state index in [1.165, 1.54) is 12.1 Å². The number of pyridine rings is 1. The molecule has 0 spiro atoms. The van der Waals surface area contributed by atoms with E-state index in [1.807, 2.05) is 19.1 Å². The van der Waals surface area contributed by atoms with Gasteiger partial charge >= 0.3 is 0 Å². The molecule has 4 heteroatoms. The van der Waals surface area contributed by atoms with Gasteiger partial charge in [0.2, 0.25) is 5.91 Å². The van der Waals surface area contributed by atoms with Gasteiger partial charge in [-0.2, -0.15) is 0 Å². The van der Waals surface area contributed by atoms with Crippen LogP contribution in [0.25, 0.3) is 0 Å². The van der Waals surface area contributed by atoms with Crippen LogP contribution in [0.1, 0.15) is 17.7 Å². The van der Waals surface area contributed by atoms with E-state index in [4.69, 9.17) is 0 Å². The van der Waals surface area contributed by atoms with Crippen molar-refractivity contribution in [2.24, 2.45) is 0 Å². The summed E-state index contributed by atoms with van der Waals surface area (Å²) in [6.07, 6.45) is 2.58. The topological polar surface area (TPSA) is 42.0 Å². The molecule has 0 fully saturated rings. The maximum atomic E-state index is 12.7. The first kappa shape index (κ1) is 13.2. The van der Waals surface area contributed by atoms with Gasteiger partial charge in [0.25, 0.3) is 0 Å². The molecular weight excluding hydrogens is 243 g/mol. The van der Waals surface area contributed by atoms with E-state index in [0.717, 1.165) is 11.3 Å². The Bertz CT molecular complexity index is 549. The van der Waals surface area contributed by atoms with E-state index in [-0.39, 0.29) is 11.7 Å². The molecule has 0 saturated heterocycles. The average molecular weight is 258 g/mol. The molecule has 0 radical (unpaired) electrons. The second kappa shape index (κ2) is 6.09. The lowest BCUT2D eigenvalue weighted by atomic mass is 10.1. The Balaban J connectivity index is 1.84. The number of anilines is 1. The molecule has 98 valence electrons. The van der Waals surface area contributed by atoms with Crippen molar-refractivity contribution < 1.29 is 9.18 Å². The second-order valence-electron chi connectivity index (χ2n) is 4.36. The van der Waals surface area contributed by atoms with Gasteiger partial charge in [-0.3, -0.25) is 9.78 Å². The third-order valence-corrected chi connectivity index (χ3v) is 2.75. The summed E-state index contributed by atoms with van der Waals surface area (Å²) in [7, 11) is 0. The summed E-state index contributed by atoms with van der Waals surface area (Å²) in [6.45, 7) is 1.89. The van der Waals surface area contributed by atoms with Crippen LogP contribution in [-0.4, -0.2) is 10.9 Å². The van der Waals surface area contributed by atoms with Gasteiger partial charge in [0.05, 0.1) is 11.9 Å². The van der Waals surface area contributed by atoms with Crippen molar-refractivity contribution in [2.75, 3.05) is 5.32 Å². The van der Waals surface area contributed by atoms with Crippen molar-refractivity contribution in [3.05, 3.63) is 59.7 Å². The number of nitrogens with one attached hydrogen (secondary N) is 1. The number of rotatable bonds is 4. The van der Waals surface area contributed by atoms with Gasteiger partial charge in [-0.05, 0) is 43.2 Å². The molecular formula is C15H15FN2O. The maximum Gasteiger partial charge on any atom is 0.224 e. The zero-order valence-electron chi connectivity index (χ0n) is 10.7. The number of hydrogen-bond donors (Lipinski definition) is 1. The van der Waals surface area contributed by atoms with Gasteiger partial charge < -0.3 is 5.32 Å². The largest absolute Gasteiger partial charge is 0.325 e. The van der Waals surface area contributed by atoms with E-state index in [1.54, 1.807) is 18.3 Å². The van der Waals surface area contributed by atoms with Crippen LogP contribution in [0, 0.1) is 12.7 Å². The smallest absolute Gasteiger partial charge is 0.224 e. The van der Waals surface area contributed by atoms with Crippen molar-refractivity contribution in [3.8, 4) is 0 Å². The first-order valence-electron chi connectivity index (χ1n) is 6.10. The summed E-state index contributed by atoms with van der Waals surface area (Å²) < 4.78 is 12.7. The number of halogens is 1. The number of carbonyl (C=O) groups excluding carboxylic acids is 1. The third kappa shape index (κ3) is 4.17. The fourth-order valence-electron chi connectivity index (χ4n) is 1.67. The monoisotopic (exact) mass is 258 g/mol. The highest BCUT2D eigenvalue weighted by Crippen LogP contribution is 2.09. The number of nitrogens with zero attached hydrogens (tertiary/aromatic N) is 1. The van der Waals surface area contributed by atoms with Gasteiger partial charge in [0, 0.05) is 12.1 Å². The zero-order chi connectivity index (χ0) is 13.7. The summed E-state index contributed by atoms with van der Waals surface area (Å²) in [6, 6.07) is 9.84. The number of aryl methyl sites for hydroxylation is 2. The lowest BCUT2D eigenvalue weighted by Crippen LogP contribution is -2.12. The molecule has 0 unspecified atom stereocenters. The van der Waals surface area contributed by atoms with Crippen molar-refractivity contribution in [1.82, 2.24) is 4.98 Å². The molecule has 2 aromatic rings. The summed E-state index contributed by atoms with van der Waals surface area (Å²) in [5.41, 5.74) is 2.54. The summed E-state index contributed by atoms with van der Waals surface area (Å²) in [5, 5.41) is 2.78. The third-order valence-electron chi connectivity index (χ3n) is 2.75. The lowest BCUT2D eigenvalue weighted by molar-refractivity contribution is -0.116. The molecule has 0 atom stereocenters. The van der Waals surface area contributed by atoms with Crippen LogP contribution in [0.5, 0.6) is 0 Å². The highest BCUT2D eigenvalue weighted by atomic mass is 19.1. The minimum atomic E-state index is -0.265. The van der Waals surface area contributed by atoms with Crippen LogP contribution in [0.2, 0.25) is 0 Å². The molecule has 1 aromatic carbocycles.